The van der Waals surface area contributed by atoms with Crippen LogP contribution >= 0.6 is 0 Å². The Labute approximate surface area is 158 Å². The van der Waals surface area contributed by atoms with E-state index in [1.54, 1.807) is 12.2 Å². The molecule has 5 N–H and O–H groups in total. The number of allylic oxidation sites excluding steroid dienone is 4. The van der Waals surface area contributed by atoms with Crippen LogP contribution in [0.3, 0.4) is 0 Å². The van der Waals surface area contributed by atoms with Gasteiger partial charge in [0.05, 0.1) is 6.34 Å². The van der Waals surface area contributed by atoms with E-state index in [9.17, 15) is 13.6 Å². The van der Waals surface area contributed by atoms with Crippen molar-refractivity contribution in [3.05, 3.63) is 59.1 Å². The molecule has 28 heavy (non-hydrogen) atoms. The predicted octanol–water partition coefficient (Wildman–Crippen LogP) is 2.92. The minimum absolute atomic E-state index is 0.0911. The summed E-state index contributed by atoms with van der Waals surface area (Å²) in [4.78, 5) is 19.2. The first kappa shape index (κ1) is 19.0. The lowest BCUT2D eigenvalue weighted by Gasteiger charge is -2.15. The molecule has 2 aromatic rings. The average Bonchev–Trinajstić information content (AvgIpc) is 3.07. The van der Waals surface area contributed by atoms with Crippen molar-refractivity contribution in [1.82, 2.24) is 10.3 Å². The number of primary amides is 1. The van der Waals surface area contributed by atoms with Crippen molar-refractivity contribution in [2.24, 2.45) is 10.7 Å². The normalized spacial score (nSPS) is 13.8. The van der Waals surface area contributed by atoms with Gasteiger partial charge in [0.2, 0.25) is 11.8 Å². The summed E-state index contributed by atoms with van der Waals surface area (Å²) >= 11 is 0. The van der Waals surface area contributed by atoms with Crippen molar-refractivity contribution in [3.8, 4) is 11.5 Å². The van der Waals surface area contributed by atoms with Crippen LogP contribution in [0.15, 0.2) is 51.2 Å². The number of aliphatic imine (C=N–C) groups is 1. The van der Waals surface area contributed by atoms with Gasteiger partial charge < -0.3 is 20.8 Å². The van der Waals surface area contributed by atoms with Crippen LogP contribution in [0.25, 0.3) is 11.5 Å². The third kappa shape index (κ3) is 4.11. The molecule has 0 radical (unpaired) electrons. The zero-order chi connectivity index (χ0) is 20.1. The fourth-order valence-corrected chi connectivity index (χ4v) is 2.55. The van der Waals surface area contributed by atoms with E-state index in [0.29, 0.717) is 18.5 Å². The summed E-state index contributed by atoms with van der Waals surface area (Å²) in [6.45, 7) is 0. The first-order chi connectivity index (χ1) is 13.5. The van der Waals surface area contributed by atoms with Gasteiger partial charge in [-0.15, -0.1) is 0 Å². The summed E-state index contributed by atoms with van der Waals surface area (Å²) < 4.78 is 33.4. The molecule has 10 heteroatoms. The largest absolute Gasteiger partial charge is 0.419 e. The van der Waals surface area contributed by atoms with Crippen LogP contribution < -0.4 is 16.4 Å². The smallest absolute Gasteiger partial charge is 0.273 e. The van der Waals surface area contributed by atoms with Crippen LogP contribution in [-0.2, 0) is 0 Å². The molecule has 3 rings (SSSR count). The van der Waals surface area contributed by atoms with Crippen molar-refractivity contribution in [2.45, 2.75) is 12.8 Å². The molecule has 0 aliphatic heterocycles. The monoisotopic (exact) mass is 386 g/mol. The first-order valence-electron chi connectivity index (χ1n) is 8.18. The molecule has 1 aromatic heterocycles. The summed E-state index contributed by atoms with van der Waals surface area (Å²) in [6.07, 6.45) is 6.99. The van der Waals surface area contributed by atoms with E-state index in [4.69, 9.17) is 15.6 Å². The Bertz CT molecular complexity index is 989. The predicted molar refractivity (Wildman–Crippen MR) is 99.8 cm³/mol. The Kier molecular flexibility index (Phi) is 5.58. The fraction of sp³-hybridized carbons (Fsp3) is 0.111. The van der Waals surface area contributed by atoms with Gasteiger partial charge in [-0.05, 0) is 37.1 Å². The molecule has 0 fully saturated rings. The van der Waals surface area contributed by atoms with Gasteiger partial charge in [0.15, 0.2) is 5.69 Å². The van der Waals surface area contributed by atoms with Gasteiger partial charge in [-0.2, -0.15) is 0 Å². The van der Waals surface area contributed by atoms with Crippen molar-refractivity contribution < 1.29 is 18.0 Å². The van der Waals surface area contributed by atoms with Gasteiger partial charge in [-0.25, -0.2) is 18.8 Å². The molecule has 8 nitrogen and oxygen atoms in total. The third-order valence-electron chi connectivity index (χ3n) is 3.86. The fourth-order valence-electron chi connectivity index (χ4n) is 2.55. The van der Waals surface area contributed by atoms with Crippen molar-refractivity contribution in [1.29, 1.82) is 5.41 Å². The minimum Gasteiger partial charge on any atom is -0.419 e. The molecule has 144 valence electrons. The molecule has 0 saturated heterocycles. The Morgan fingerprint density at radius 3 is 2.54 bits per heavy atom. The number of nitrogens with two attached hydrogens (primary N) is 1. The Hall–Kier alpha value is -3.82. The highest BCUT2D eigenvalue weighted by atomic mass is 19.1. The van der Waals surface area contributed by atoms with E-state index in [1.807, 2.05) is 0 Å². The molecule has 1 aliphatic carbocycles. The molecule has 1 amide bonds. The SMILES string of the molecule is N=C/N=C\NC1=CC=C(Nc2oc(-c3c(F)cccc3F)nc2C(N)=O)CC1. The van der Waals surface area contributed by atoms with Crippen molar-refractivity contribution >= 4 is 24.5 Å². The zero-order valence-electron chi connectivity index (χ0n) is 14.5. The molecule has 0 spiro atoms. The van der Waals surface area contributed by atoms with E-state index in [2.05, 4.69) is 20.6 Å². The summed E-state index contributed by atoms with van der Waals surface area (Å²) in [5.74, 6) is -3.11. The number of rotatable bonds is 7. The third-order valence-corrected chi connectivity index (χ3v) is 3.86. The van der Waals surface area contributed by atoms with E-state index in [0.717, 1.165) is 24.2 Å². The van der Waals surface area contributed by atoms with Gasteiger partial charge in [0.25, 0.3) is 5.91 Å². The van der Waals surface area contributed by atoms with Crippen molar-refractivity contribution in [3.63, 3.8) is 0 Å². The molecule has 1 heterocycles. The lowest BCUT2D eigenvalue weighted by Crippen LogP contribution is -2.16. The number of carbonyl (C=O) groups is 1. The molecule has 0 unspecified atom stereocenters. The van der Waals surface area contributed by atoms with E-state index >= 15 is 0 Å². The quantitative estimate of drug-likeness (QED) is 0.429. The second kappa shape index (κ2) is 8.25. The Balaban J connectivity index is 1.87. The maximum atomic E-state index is 14.0. The summed E-state index contributed by atoms with van der Waals surface area (Å²) in [5.41, 5.74) is 6.14. The Morgan fingerprint density at radius 1 is 1.25 bits per heavy atom. The molecule has 1 aromatic carbocycles. The number of hydrogen-bond acceptors (Lipinski definition) is 5. The number of hydrogen-bond donors (Lipinski definition) is 4. The number of nitrogens with one attached hydrogen (secondary N) is 3. The molecule has 0 atom stereocenters. The number of aromatic nitrogens is 1. The van der Waals surface area contributed by atoms with Crippen LogP contribution in [0.2, 0.25) is 0 Å². The number of oxazole rings is 1. The summed E-state index contributed by atoms with van der Waals surface area (Å²) in [7, 11) is 0. The highest BCUT2D eigenvalue weighted by molar-refractivity contribution is 5.96. The second-order valence-corrected chi connectivity index (χ2v) is 5.72. The number of nitrogens with zero attached hydrogens (tertiary/aromatic N) is 2. The van der Waals surface area contributed by atoms with Gasteiger partial charge in [0, 0.05) is 11.4 Å². The number of halogens is 2. The summed E-state index contributed by atoms with van der Waals surface area (Å²) in [6, 6.07) is 3.33. The Morgan fingerprint density at radius 2 is 1.93 bits per heavy atom. The van der Waals surface area contributed by atoms with Crippen LogP contribution in [0.5, 0.6) is 0 Å². The van der Waals surface area contributed by atoms with Gasteiger partial charge in [-0.1, -0.05) is 6.07 Å². The highest BCUT2D eigenvalue weighted by Crippen LogP contribution is 2.31. The van der Waals surface area contributed by atoms with E-state index < -0.39 is 23.1 Å². The van der Waals surface area contributed by atoms with Gasteiger partial charge in [-0.3, -0.25) is 10.2 Å². The maximum Gasteiger partial charge on any atom is 0.273 e. The molecule has 1 aliphatic rings. The molecule has 0 bridgehead atoms. The second-order valence-electron chi connectivity index (χ2n) is 5.72. The van der Waals surface area contributed by atoms with Crippen LogP contribution in [0, 0.1) is 17.0 Å². The van der Waals surface area contributed by atoms with Crippen LogP contribution in [-0.4, -0.2) is 23.6 Å². The summed E-state index contributed by atoms with van der Waals surface area (Å²) in [5, 5.41) is 12.6. The molecular formula is C18H16F2N6O2. The van der Waals surface area contributed by atoms with E-state index in [-0.39, 0.29) is 17.5 Å². The van der Waals surface area contributed by atoms with E-state index in [1.165, 1.54) is 12.4 Å². The molecule has 0 saturated carbocycles. The highest BCUT2D eigenvalue weighted by Gasteiger charge is 2.24. The number of carbonyl (C=O) groups excluding carboxylic acids is 1. The molecular weight excluding hydrogens is 370 g/mol. The van der Waals surface area contributed by atoms with Crippen LogP contribution in [0.1, 0.15) is 23.3 Å². The number of anilines is 1. The maximum absolute atomic E-state index is 14.0. The zero-order valence-corrected chi connectivity index (χ0v) is 14.5. The minimum atomic E-state index is -0.897. The topological polar surface area (TPSA) is 129 Å². The number of amides is 1. The number of benzene rings is 1. The first-order valence-corrected chi connectivity index (χ1v) is 8.18. The lowest BCUT2D eigenvalue weighted by atomic mass is 10.1. The van der Waals surface area contributed by atoms with Crippen molar-refractivity contribution in [2.75, 3.05) is 5.32 Å². The van der Waals surface area contributed by atoms with Crippen LogP contribution in [0.4, 0.5) is 14.7 Å². The van der Waals surface area contributed by atoms with Gasteiger partial charge >= 0.3 is 0 Å². The standard InChI is InChI=1S/C18H16F2N6O2/c19-12-2-1-3-13(20)14(12)17-26-15(16(22)27)18(28-17)25-11-6-4-10(5-7-11)24-9-23-8-21/h1-4,6,8-9,25H,5,7H2,(H2,22,27)(H2,21,23,24). The average molecular weight is 386 g/mol. The van der Waals surface area contributed by atoms with Gasteiger partial charge in [0.1, 0.15) is 23.5 Å². The lowest BCUT2D eigenvalue weighted by molar-refractivity contribution is 0.0996.